The molecule has 8 heteroatoms. The Bertz CT molecular complexity index is 1090. The van der Waals surface area contributed by atoms with Crippen LogP contribution in [0.2, 0.25) is 0 Å². The van der Waals surface area contributed by atoms with Gasteiger partial charge in [-0.2, -0.15) is 0 Å². The van der Waals surface area contributed by atoms with Crippen molar-refractivity contribution >= 4 is 23.4 Å². The molecule has 0 radical (unpaired) electrons. The zero-order chi connectivity index (χ0) is 21.9. The molecule has 2 aliphatic rings. The fourth-order valence-corrected chi connectivity index (χ4v) is 5.29. The molecule has 166 valence electrons. The molecule has 3 aromatic rings. The summed E-state index contributed by atoms with van der Waals surface area (Å²) in [6.07, 6.45) is 0.875. The molecular weight excluding hydrogens is 427 g/mol. The number of hydrogen-bond donors (Lipinski definition) is 1. The highest BCUT2D eigenvalue weighted by molar-refractivity contribution is 7.98. The molecule has 0 spiro atoms. The fourth-order valence-electron chi connectivity index (χ4n) is 4.23. The van der Waals surface area contributed by atoms with E-state index >= 15 is 0 Å². The van der Waals surface area contributed by atoms with Crippen LogP contribution in [0.4, 0.5) is 10.1 Å². The second kappa shape index (κ2) is 9.34. The number of fused-ring (bicyclic) bond motifs is 3. The van der Waals surface area contributed by atoms with Crippen molar-refractivity contribution in [3.63, 3.8) is 0 Å². The Labute approximate surface area is 190 Å². The predicted octanol–water partition coefficient (Wildman–Crippen LogP) is 4.03. The molecule has 2 aromatic carbocycles. The third-order valence-corrected chi connectivity index (χ3v) is 7.11. The summed E-state index contributed by atoms with van der Waals surface area (Å²) in [6.45, 7) is 5.28. The normalized spacial score (nSPS) is 15.8. The van der Waals surface area contributed by atoms with Crippen LogP contribution < -0.4 is 10.2 Å². The molecule has 32 heavy (non-hydrogen) atoms. The number of aromatic nitrogens is 1. The maximum absolute atomic E-state index is 13.1. The van der Waals surface area contributed by atoms with Crippen molar-refractivity contribution in [1.82, 2.24) is 15.4 Å². The number of rotatable bonds is 6. The number of nitrogens with zero attached hydrogens (tertiary/aromatic N) is 3. The van der Waals surface area contributed by atoms with Gasteiger partial charge < -0.3 is 14.7 Å². The number of hydrogen-bond acceptors (Lipinski definition) is 6. The molecule has 1 N–H and O–H groups in total. The van der Waals surface area contributed by atoms with Gasteiger partial charge in [-0.25, -0.2) is 4.39 Å². The van der Waals surface area contributed by atoms with Gasteiger partial charge in [0.1, 0.15) is 5.82 Å². The number of nitrogens with one attached hydrogen (secondary N) is 1. The molecule has 5 rings (SSSR count). The summed E-state index contributed by atoms with van der Waals surface area (Å²) >= 11 is 1.70. The van der Waals surface area contributed by atoms with Crippen molar-refractivity contribution in [3.05, 3.63) is 65.6 Å². The Morgan fingerprint density at radius 3 is 2.69 bits per heavy atom. The number of amides is 1. The van der Waals surface area contributed by atoms with E-state index in [4.69, 9.17) is 4.52 Å². The molecule has 0 unspecified atom stereocenters. The van der Waals surface area contributed by atoms with E-state index in [2.05, 4.69) is 26.3 Å². The summed E-state index contributed by atoms with van der Waals surface area (Å²) in [7, 11) is 0. The first-order chi connectivity index (χ1) is 15.7. The maximum Gasteiger partial charge on any atom is 0.273 e. The zero-order valence-electron chi connectivity index (χ0n) is 17.7. The number of carbonyl (C=O) groups is 1. The van der Waals surface area contributed by atoms with Gasteiger partial charge in [-0.15, -0.1) is 11.8 Å². The highest BCUT2D eigenvalue weighted by Crippen LogP contribution is 2.42. The zero-order valence-corrected chi connectivity index (χ0v) is 18.5. The van der Waals surface area contributed by atoms with Crippen molar-refractivity contribution in [1.29, 1.82) is 0 Å². The number of thioether (sulfide) groups is 1. The van der Waals surface area contributed by atoms with E-state index in [-0.39, 0.29) is 11.7 Å². The van der Waals surface area contributed by atoms with Crippen LogP contribution in [-0.4, -0.2) is 55.2 Å². The molecule has 1 fully saturated rings. The lowest BCUT2D eigenvalue weighted by atomic mass is 10.1. The van der Waals surface area contributed by atoms with Gasteiger partial charge in [-0.1, -0.05) is 17.3 Å². The van der Waals surface area contributed by atoms with Gasteiger partial charge in [-0.05, 0) is 49.4 Å². The molecule has 1 saturated heterocycles. The van der Waals surface area contributed by atoms with E-state index < -0.39 is 0 Å². The summed E-state index contributed by atoms with van der Waals surface area (Å²) in [5.74, 6) is 1.03. The topological polar surface area (TPSA) is 61.6 Å². The number of benzene rings is 2. The van der Waals surface area contributed by atoms with Gasteiger partial charge >= 0.3 is 0 Å². The average molecular weight is 453 g/mol. The molecule has 0 bridgehead atoms. The first-order valence-electron chi connectivity index (χ1n) is 10.9. The summed E-state index contributed by atoms with van der Waals surface area (Å²) in [5, 5.41) is 7.06. The summed E-state index contributed by atoms with van der Waals surface area (Å²) in [4.78, 5) is 18.5. The van der Waals surface area contributed by atoms with Gasteiger partial charge in [0.15, 0.2) is 11.5 Å². The van der Waals surface area contributed by atoms with E-state index in [0.29, 0.717) is 23.8 Å². The molecule has 0 aliphatic carbocycles. The molecule has 1 amide bonds. The lowest BCUT2D eigenvalue weighted by Crippen LogP contribution is -2.47. The van der Waals surface area contributed by atoms with E-state index in [1.54, 1.807) is 11.8 Å². The second-order valence-electron chi connectivity index (χ2n) is 8.04. The highest BCUT2D eigenvalue weighted by Gasteiger charge is 2.27. The van der Waals surface area contributed by atoms with Crippen LogP contribution in [0.5, 0.6) is 0 Å². The van der Waals surface area contributed by atoms with Crippen LogP contribution in [0.25, 0.3) is 11.3 Å². The number of carbonyl (C=O) groups excluding carboxylic acids is 1. The number of anilines is 1. The van der Waals surface area contributed by atoms with E-state index in [9.17, 15) is 9.18 Å². The van der Waals surface area contributed by atoms with Gasteiger partial charge in [-0.3, -0.25) is 9.69 Å². The minimum Gasteiger partial charge on any atom is -0.369 e. The van der Waals surface area contributed by atoms with Gasteiger partial charge in [0.25, 0.3) is 5.91 Å². The Balaban J connectivity index is 1.08. The predicted molar refractivity (Wildman–Crippen MR) is 124 cm³/mol. The maximum atomic E-state index is 13.1. The van der Waals surface area contributed by atoms with Crippen LogP contribution in [-0.2, 0) is 5.75 Å². The van der Waals surface area contributed by atoms with Crippen LogP contribution in [0.15, 0.2) is 57.9 Å². The first-order valence-corrected chi connectivity index (χ1v) is 11.9. The lowest BCUT2D eigenvalue weighted by Gasteiger charge is -2.36. The Hall–Kier alpha value is -2.84. The SMILES string of the molecule is O=C(NCCCN1CCN(c2ccc(F)cc2)CC1)c1noc2c1CSc1ccccc1-2. The van der Waals surface area contributed by atoms with Gasteiger partial charge in [0.05, 0.1) is 0 Å². The largest absolute Gasteiger partial charge is 0.369 e. The summed E-state index contributed by atoms with van der Waals surface area (Å²) < 4.78 is 18.6. The van der Waals surface area contributed by atoms with E-state index in [1.807, 2.05) is 30.3 Å². The van der Waals surface area contributed by atoms with E-state index in [0.717, 1.165) is 60.9 Å². The third kappa shape index (κ3) is 4.38. The smallest absolute Gasteiger partial charge is 0.273 e. The highest BCUT2D eigenvalue weighted by atomic mass is 32.2. The monoisotopic (exact) mass is 452 g/mol. The Kier molecular flexibility index (Phi) is 6.14. The molecule has 6 nitrogen and oxygen atoms in total. The van der Waals surface area contributed by atoms with Gasteiger partial charge in [0, 0.05) is 60.2 Å². The van der Waals surface area contributed by atoms with Crippen LogP contribution in [0.1, 0.15) is 22.5 Å². The molecule has 0 saturated carbocycles. The minimum atomic E-state index is -0.205. The first kappa shape index (κ1) is 21.0. The summed E-state index contributed by atoms with van der Waals surface area (Å²) in [6, 6.07) is 14.7. The van der Waals surface area contributed by atoms with Crippen LogP contribution in [0, 0.1) is 5.82 Å². The van der Waals surface area contributed by atoms with Crippen LogP contribution >= 0.6 is 11.8 Å². The molecular formula is C24H25FN4O2S. The molecule has 3 heterocycles. The molecule has 0 atom stereocenters. The standard InChI is InChI=1S/C24H25FN4O2S/c25-17-6-8-18(9-7-17)29-14-12-28(13-15-29)11-3-10-26-24(30)22-20-16-32-21-5-2-1-4-19(21)23(20)31-27-22/h1-2,4-9H,3,10-16H2,(H,26,30). The third-order valence-electron chi connectivity index (χ3n) is 6.01. The Morgan fingerprint density at radius 1 is 1.09 bits per heavy atom. The second-order valence-corrected chi connectivity index (χ2v) is 9.06. The summed E-state index contributed by atoms with van der Waals surface area (Å²) in [5.41, 5.74) is 3.35. The fraction of sp³-hybridized carbons (Fsp3) is 0.333. The van der Waals surface area contributed by atoms with Crippen LogP contribution in [0.3, 0.4) is 0 Å². The average Bonchev–Trinajstić information content (AvgIpc) is 3.28. The van der Waals surface area contributed by atoms with Crippen molar-refractivity contribution in [2.75, 3.05) is 44.2 Å². The van der Waals surface area contributed by atoms with Crippen molar-refractivity contribution in [2.45, 2.75) is 17.1 Å². The quantitative estimate of drug-likeness (QED) is 0.570. The number of halogens is 1. The lowest BCUT2D eigenvalue weighted by molar-refractivity contribution is 0.0942. The van der Waals surface area contributed by atoms with Crippen molar-refractivity contribution in [3.8, 4) is 11.3 Å². The van der Waals surface area contributed by atoms with Crippen molar-refractivity contribution in [2.24, 2.45) is 0 Å². The van der Waals surface area contributed by atoms with Crippen molar-refractivity contribution < 1.29 is 13.7 Å². The van der Waals surface area contributed by atoms with E-state index in [1.165, 1.54) is 12.1 Å². The Morgan fingerprint density at radius 2 is 1.88 bits per heavy atom. The number of piperazine rings is 1. The minimum absolute atomic E-state index is 0.170. The van der Waals surface area contributed by atoms with Gasteiger partial charge in [0.2, 0.25) is 0 Å². The molecule has 1 aromatic heterocycles. The molecule has 2 aliphatic heterocycles.